The molecule has 0 N–H and O–H groups in total. The van der Waals surface area contributed by atoms with Crippen LogP contribution >= 0.6 is 23.4 Å². The summed E-state index contributed by atoms with van der Waals surface area (Å²) in [4.78, 5) is -0.207. The SMILES string of the molecule is CC(C)(Cl)CC/C(=N\Cl)c1ccccc1. The minimum atomic E-state index is -0.207. The minimum Gasteiger partial charge on any atom is -0.182 e. The van der Waals surface area contributed by atoms with Crippen molar-refractivity contribution in [1.29, 1.82) is 0 Å². The van der Waals surface area contributed by atoms with Gasteiger partial charge in [-0.15, -0.1) is 11.6 Å². The molecule has 0 unspecified atom stereocenters. The van der Waals surface area contributed by atoms with Crippen molar-refractivity contribution in [3.63, 3.8) is 0 Å². The number of benzene rings is 1. The summed E-state index contributed by atoms with van der Waals surface area (Å²) in [5, 5.41) is 0. The van der Waals surface area contributed by atoms with E-state index < -0.39 is 0 Å². The van der Waals surface area contributed by atoms with Gasteiger partial charge < -0.3 is 0 Å². The maximum atomic E-state index is 6.12. The predicted molar refractivity (Wildman–Crippen MR) is 68.0 cm³/mol. The van der Waals surface area contributed by atoms with Crippen molar-refractivity contribution in [2.45, 2.75) is 31.6 Å². The van der Waals surface area contributed by atoms with Crippen LogP contribution < -0.4 is 0 Å². The lowest BCUT2D eigenvalue weighted by Crippen LogP contribution is -2.13. The average molecular weight is 244 g/mol. The van der Waals surface area contributed by atoms with Crippen LogP contribution in [0.1, 0.15) is 32.3 Å². The molecule has 0 saturated carbocycles. The van der Waals surface area contributed by atoms with Crippen LogP contribution in [0.4, 0.5) is 0 Å². The molecule has 0 aliphatic rings. The molecule has 0 heterocycles. The fraction of sp³-hybridized carbons (Fsp3) is 0.417. The Bertz CT molecular complexity index is 325. The van der Waals surface area contributed by atoms with Gasteiger partial charge in [0, 0.05) is 16.7 Å². The van der Waals surface area contributed by atoms with E-state index in [9.17, 15) is 0 Å². The summed E-state index contributed by atoms with van der Waals surface area (Å²) in [5.74, 6) is 0. The first-order valence-corrected chi connectivity index (χ1v) is 5.67. The zero-order valence-electron chi connectivity index (χ0n) is 9.00. The second-order valence-corrected chi connectivity index (χ2v) is 5.31. The van der Waals surface area contributed by atoms with Gasteiger partial charge in [-0.2, -0.15) is 4.51 Å². The first-order chi connectivity index (χ1) is 7.03. The van der Waals surface area contributed by atoms with Gasteiger partial charge in [0.2, 0.25) is 0 Å². The Balaban J connectivity index is 2.67. The molecule has 0 saturated heterocycles. The molecule has 1 nitrogen and oxygen atoms in total. The Kier molecular flexibility index (Phi) is 4.62. The Morgan fingerprint density at radius 1 is 1.27 bits per heavy atom. The standard InChI is InChI=1S/C12H15Cl2N/c1-12(2,13)9-8-11(15-14)10-6-4-3-5-7-10/h3-7H,8-9H2,1-2H3/b15-11+. The van der Waals surface area contributed by atoms with Crippen LogP contribution in [-0.4, -0.2) is 10.6 Å². The van der Waals surface area contributed by atoms with Crippen molar-refractivity contribution in [3.8, 4) is 0 Å². The summed E-state index contributed by atoms with van der Waals surface area (Å²) < 4.78 is 3.79. The van der Waals surface area contributed by atoms with Crippen molar-refractivity contribution < 1.29 is 0 Å². The van der Waals surface area contributed by atoms with Crippen molar-refractivity contribution in [2.75, 3.05) is 0 Å². The summed E-state index contributed by atoms with van der Waals surface area (Å²) >= 11 is 11.7. The summed E-state index contributed by atoms with van der Waals surface area (Å²) in [6, 6.07) is 9.93. The zero-order chi connectivity index (χ0) is 11.3. The maximum Gasteiger partial charge on any atom is 0.0623 e. The zero-order valence-corrected chi connectivity index (χ0v) is 10.5. The quantitative estimate of drug-likeness (QED) is 0.549. The van der Waals surface area contributed by atoms with Crippen LogP contribution in [0, 0.1) is 0 Å². The van der Waals surface area contributed by atoms with Gasteiger partial charge in [0.05, 0.1) is 5.71 Å². The van der Waals surface area contributed by atoms with Gasteiger partial charge >= 0.3 is 0 Å². The first kappa shape index (κ1) is 12.5. The van der Waals surface area contributed by atoms with Gasteiger partial charge in [-0.3, -0.25) is 0 Å². The molecule has 0 amide bonds. The van der Waals surface area contributed by atoms with E-state index in [1.54, 1.807) is 0 Å². The van der Waals surface area contributed by atoms with E-state index in [1.165, 1.54) is 0 Å². The number of halogens is 2. The first-order valence-electron chi connectivity index (χ1n) is 4.95. The molecule has 1 aromatic rings. The van der Waals surface area contributed by atoms with Gasteiger partial charge in [-0.05, 0) is 32.3 Å². The predicted octanol–water partition coefficient (Wildman–Crippen LogP) is 4.43. The molecule has 1 rings (SSSR count). The molecule has 0 aliphatic carbocycles. The Morgan fingerprint density at radius 2 is 1.87 bits per heavy atom. The summed E-state index contributed by atoms with van der Waals surface area (Å²) in [5.41, 5.74) is 1.96. The molecule has 0 aromatic heterocycles. The highest BCUT2D eigenvalue weighted by atomic mass is 35.5. The molecule has 0 radical (unpaired) electrons. The third kappa shape index (κ3) is 4.67. The van der Waals surface area contributed by atoms with E-state index in [-0.39, 0.29) is 4.87 Å². The summed E-state index contributed by atoms with van der Waals surface area (Å²) in [7, 11) is 0. The number of hydrogen-bond donors (Lipinski definition) is 0. The molecule has 0 aliphatic heterocycles. The molecule has 0 bridgehead atoms. The largest absolute Gasteiger partial charge is 0.182 e. The topological polar surface area (TPSA) is 12.4 Å². The summed E-state index contributed by atoms with van der Waals surface area (Å²) in [6.07, 6.45) is 1.65. The third-order valence-corrected chi connectivity index (χ3v) is 2.56. The smallest absolute Gasteiger partial charge is 0.0623 e. The van der Waals surface area contributed by atoms with Crippen molar-refractivity contribution >= 4 is 29.1 Å². The van der Waals surface area contributed by atoms with Crippen LogP contribution in [0.5, 0.6) is 0 Å². The normalized spacial score (nSPS) is 12.9. The van der Waals surface area contributed by atoms with E-state index in [2.05, 4.69) is 4.51 Å². The lowest BCUT2D eigenvalue weighted by atomic mass is 10.0. The molecule has 0 atom stereocenters. The van der Waals surface area contributed by atoms with Crippen molar-refractivity contribution in [1.82, 2.24) is 0 Å². The van der Waals surface area contributed by atoms with Gasteiger partial charge in [-0.25, -0.2) is 0 Å². The van der Waals surface area contributed by atoms with E-state index in [0.29, 0.717) is 0 Å². The molecular weight excluding hydrogens is 229 g/mol. The highest BCUT2D eigenvalue weighted by molar-refractivity contribution is 6.24. The van der Waals surface area contributed by atoms with Crippen molar-refractivity contribution in [3.05, 3.63) is 35.9 Å². The number of nitrogens with zero attached hydrogens (tertiary/aromatic N) is 1. The van der Waals surface area contributed by atoms with Gasteiger partial charge in [0.15, 0.2) is 0 Å². The molecule has 0 fully saturated rings. The summed E-state index contributed by atoms with van der Waals surface area (Å²) in [6.45, 7) is 3.98. The third-order valence-electron chi connectivity index (χ3n) is 2.17. The van der Waals surface area contributed by atoms with Crippen LogP contribution in [0.3, 0.4) is 0 Å². The van der Waals surface area contributed by atoms with Crippen LogP contribution in [-0.2, 0) is 0 Å². The average Bonchev–Trinajstić information content (AvgIpc) is 2.19. The number of hydrogen-bond acceptors (Lipinski definition) is 1. The number of rotatable bonds is 4. The lowest BCUT2D eigenvalue weighted by molar-refractivity contribution is 0.647. The molecule has 1 aromatic carbocycles. The molecule has 15 heavy (non-hydrogen) atoms. The Morgan fingerprint density at radius 3 is 2.33 bits per heavy atom. The molecule has 82 valence electrons. The molecule has 0 spiro atoms. The van der Waals surface area contributed by atoms with E-state index in [4.69, 9.17) is 23.4 Å². The second kappa shape index (κ2) is 5.53. The second-order valence-electron chi connectivity index (χ2n) is 4.12. The van der Waals surface area contributed by atoms with E-state index in [0.717, 1.165) is 24.1 Å². The van der Waals surface area contributed by atoms with Crippen molar-refractivity contribution in [2.24, 2.45) is 4.51 Å². The highest BCUT2D eigenvalue weighted by Gasteiger charge is 2.15. The van der Waals surface area contributed by atoms with Crippen LogP contribution in [0.2, 0.25) is 0 Å². The van der Waals surface area contributed by atoms with Gasteiger partial charge in [0.1, 0.15) is 0 Å². The molecule has 3 heteroatoms. The van der Waals surface area contributed by atoms with Crippen LogP contribution in [0.25, 0.3) is 0 Å². The monoisotopic (exact) mass is 243 g/mol. The fourth-order valence-electron chi connectivity index (χ4n) is 1.28. The lowest BCUT2D eigenvalue weighted by Gasteiger charge is -2.15. The highest BCUT2D eigenvalue weighted by Crippen LogP contribution is 2.21. The van der Waals surface area contributed by atoms with Gasteiger partial charge in [-0.1, -0.05) is 30.3 Å². The van der Waals surface area contributed by atoms with Crippen LogP contribution in [0.15, 0.2) is 34.8 Å². The Labute approximate surface area is 101 Å². The maximum absolute atomic E-state index is 6.12. The van der Waals surface area contributed by atoms with E-state index >= 15 is 0 Å². The number of alkyl halides is 1. The fourth-order valence-corrected chi connectivity index (χ4v) is 1.56. The van der Waals surface area contributed by atoms with Gasteiger partial charge in [0.25, 0.3) is 0 Å². The van der Waals surface area contributed by atoms with E-state index in [1.807, 2.05) is 44.2 Å². The molecular formula is C12H15Cl2N. The minimum absolute atomic E-state index is 0.207. The Hall–Kier alpha value is -0.530.